The fourth-order valence-corrected chi connectivity index (χ4v) is 3.91. The van der Waals surface area contributed by atoms with Crippen LogP contribution in [-0.4, -0.2) is 43.6 Å². The predicted octanol–water partition coefficient (Wildman–Crippen LogP) is 4.64. The number of rotatable bonds is 7. The predicted molar refractivity (Wildman–Crippen MR) is 130 cm³/mol. The molecular formula is C27H31N3O2. The third kappa shape index (κ3) is 5.89. The maximum Gasteiger partial charge on any atom is 0.262 e. The largest absolute Gasteiger partial charge is 0.484 e. The van der Waals surface area contributed by atoms with Crippen LogP contribution in [0.5, 0.6) is 5.75 Å². The van der Waals surface area contributed by atoms with Crippen LogP contribution in [0.2, 0.25) is 0 Å². The summed E-state index contributed by atoms with van der Waals surface area (Å²) in [6.45, 7) is 9.18. The number of aryl methyl sites for hydroxylation is 2. The molecule has 1 aliphatic rings. The van der Waals surface area contributed by atoms with E-state index in [1.165, 1.54) is 16.8 Å². The van der Waals surface area contributed by atoms with Crippen molar-refractivity contribution in [3.63, 3.8) is 0 Å². The molecule has 0 saturated carbocycles. The molecule has 0 spiro atoms. The van der Waals surface area contributed by atoms with E-state index in [-0.39, 0.29) is 12.5 Å². The third-order valence-electron chi connectivity index (χ3n) is 5.99. The van der Waals surface area contributed by atoms with Crippen LogP contribution in [0.25, 0.3) is 0 Å². The van der Waals surface area contributed by atoms with Gasteiger partial charge in [-0.2, -0.15) is 0 Å². The van der Waals surface area contributed by atoms with E-state index in [9.17, 15) is 4.79 Å². The number of benzene rings is 3. The minimum atomic E-state index is -0.162. The van der Waals surface area contributed by atoms with Crippen molar-refractivity contribution >= 4 is 17.3 Å². The van der Waals surface area contributed by atoms with Gasteiger partial charge in [-0.3, -0.25) is 9.69 Å². The van der Waals surface area contributed by atoms with Crippen LogP contribution in [0.3, 0.4) is 0 Å². The molecule has 0 radical (unpaired) electrons. The van der Waals surface area contributed by atoms with Crippen molar-refractivity contribution in [2.45, 2.75) is 20.4 Å². The zero-order chi connectivity index (χ0) is 22.3. The Morgan fingerprint density at radius 2 is 1.59 bits per heavy atom. The van der Waals surface area contributed by atoms with Crippen molar-refractivity contribution in [3.8, 4) is 5.75 Å². The average Bonchev–Trinajstić information content (AvgIpc) is 2.82. The Morgan fingerprint density at radius 3 is 2.28 bits per heavy atom. The highest BCUT2D eigenvalue weighted by Gasteiger charge is 2.17. The molecule has 166 valence electrons. The van der Waals surface area contributed by atoms with Gasteiger partial charge in [0.15, 0.2) is 6.61 Å². The first kappa shape index (κ1) is 21.9. The Morgan fingerprint density at radius 1 is 0.875 bits per heavy atom. The van der Waals surface area contributed by atoms with Gasteiger partial charge in [0.05, 0.1) is 0 Å². The SMILES string of the molecule is Cc1ccc(OCC(=O)Nc2ccc(N3CCN(Cc4ccccc4)CC3)cc2)cc1C. The normalized spacial score (nSPS) is 14.2. The van der Waals surface area contributed by atoms with E-state index in [0.29, 0.717) is 5.75 Å². The monoisotopic (exact) mass is 429 g/mol. The van der Waals surface area contributed by atoms with Gasteiger partial charge in [0.2, 0.25) is 0 Å². The highest BCUT2D eigenvalue weighted by molar-refractivity contribution is 5.92. The average molecular weight is 430 g/mol. The van der Waals surface area contributed by atoms with Crippen molar-refractivity contribution in [1.29, 1.82) is 0 Å². The van der Waals surface area contributed by atoms with Gasteiger partial charge in [0, 0.05) is 44.1 Å². The number of hydrogen-bond donors (Lipinski definition) is 1. The summed E-state index contributed by atoms with van der Waals surface area (Å²) in [4.78, 5) is 17.2. The number of carbonyl (C=O) groups is 1. The number of nitrogens with zero attached hydrogens (tertiary/aromatic N) is 2. The van der Waals surface area contributed by atoms with Gasteiger partial charge in [-0.1, -0.05) is 36.4 Å². The Bertz CT molecular complexity index is 1030. The second-order valence-corrected chi connectivity index (χ2v) is 8.38. The number of amides is 1. The molecule has 0 atom stereocenters. The van der Waals surface area contributed by atoms with Gasteiger partial charge in [-0.05, 0) is 66.9 Å². The van der Waals surface area contributed by atoms with Gasteiger partial charge >= 0.3 is 0 Å². The Labute approximate surface area is 190 Å². The first-order valence-electron chi connectivity index (χ1n) is 11.2. The number of piperazine rings is 1. The van der Waals surface area contributed by atoms with Gasteiger partial charge in [-0.25, -0.2) is 0 Å². The van der Waals surface area contributed by atoms with E-state index < -0.39 is 0 Å². The molecule has 3 aromatic carbocycles. The summed E-state index contributed by atoms with van der Waals surface area (Å²) in [6, 6.07) is 24.6. The molecule has 5 nitrogen and oxygen atoms in total. The van der Waals surface area contributed by atoms with Crippen molar-refractivity contribution in [3.05, 3.63) is 89.5 Å². The molecule has 0 aromatic heterocycles. The van der Waals surface area contributed by atoms with Crippen LogP contribution in [0.15, 0.2) is 72.8 Å². The van der Waals surface area contributed by atoms with Crippen LogP contribution in [0, 0.1) is 13.8 Å². The molecule has 1 fully saturated rings. The van der Waals surface area contributed by atoms with E-state index in [1.54, 1.807) is 0 Å². The van der Waals surface area contributed by atoms with Crippen molar-refractivity contribution in [1.82, 2.24) is 4.90 Å². The van der Waals surface area contributed by atoms with Crippen LogP contribution in [0.1, 0.15) is 16.7 Å². The van der Waals surface area contributed by atoms with Crippen molar-refractivity contribution in [2.75, 3.05) is 43.0 Å². The fourth-order valence-electron chi connectivity index (χ4n) is 3.91. The van der Waals surface area contributed by atoms with E-state index >= 15 is 0 Å². The van der Waals surface area contributed by atoms with Crippen LogP contribution >= 0.6 is 0 Å². The molecule has 1 saturated heterocycles. The van der Waals surface area contributed by atoms with Crippen molar-refractivity contribution < 1.29 is 9.53 Å². The number of anilines is 2. The lowest BCUT2D eigenvalue weighted by molar-refractivity contribution is -0.118. The van der Waals surface area contributed by atoms with E-state index in [0.717, 1.165) is 44.0 Å². The molecule has 1 N–H and O–H groups in total. The van der Waals surface area contributed by atoms with Gasteiger partial charge in [0.1, 0.15) is 5.75 Å². The summed E-state index contributed by atoms with van der Waals surface area (Å²) in [5.41, 5.74) is 5.69. The highest BCUT2D eigenvalue weighted by Crippen LogP contribution is 2.21. The topological polar surface area (TPSA) is 44.8 Å². The fraction of sp³-hybridized carbons (Fsp3) is 0.296. The molecule has 1 heterocycles. The number of hydrogen-bond acceptors (Lipinski definition) is 4. The lowest BCUT2D eigenvalue weighted by Gasteiger charge is -2.36. The quantitative estimate of drug-likeness (QED) is 0.594. The first-order chi connectivity index (χ1) is 15.6. The lowest BCUT2D eigenvalue weighted by atomic mass is 10.1. The molecule has 0 aliphatic carbocycles. The summed E-state index contributed by atoms with van der Waals surface area (Å²) < 4.78 is 5.62. The first-order valence-corrected chi connectivity index (χ1v) is 11.2. The highest BCUT2D eigenvalue weighted by atomic mass is 16.5. The molecule has 0 bridgehead atoms. The van der Waals surface area contributed by atoms with E-state index in [4.69, 9.17) is 4.74 Å². The van der Waals surface area contributed by atoms with Gasteiger partial charge in [-0.15, -0.1) is 0 Å². The van der Waals surface area contributed by atoms with E-state index in [1.807, 2.05) is 37.3 Å². The van der Waals surface area contributed by atoms with E-state index in [2.05, 4.69) is 64.5 Å². The lowest BCUT2D eigenvalue weighted by Crippen LogP contribution is -2.45. The summed E-state index contributed by atoms with van der Waals surface area (Å²) in [5, 5.41) is 2.91. The number of ether oxygens (including phenoxy) is 1. The van der Waals surface area contributed by atoms with Crippen LogP contribution in [-0.2, 0) is 11.3 Å². The molecule has 3 aromatic rings. The standard InChI is InChI=1S/C27H31N3O2/c1-21-8-13-26(18-22(21)2)32-20-27(31)28-24-9-11-25(12-10-24)30-16-14-29(15-17-30)19-23-6-4-3-5-7-23/h3-13,18H,14-17,19-20H2,1-2H3,(H,28,31). The molecule has 1 amide bonds. The third-order valence-corrected chi connectivity index (χ3v) is 5.99. The number of carbonyl (C=O) groups excluding carboxylic acids is 1. The van der Waals surface area contributed by atoms with Gasteiger partial charge < -0.3 is 15.0 Å². The minimum Gasteiger partial charge on any atom is -0.484 e. The summed E-state index contributed by atoms with van der Waals surface area (Å²) in [7, 11) is 0. The maximum atomic E-state index is 12.3. The zero-order valence-electron chi connectivity index (χ0n) is 18.9. The Hall–Kier alpha value is -3.31. The second kappa shape index (κ2) is 10.3. The zero-order valence-corrected chi connectivity index (χ0v) is 18.9. The number of nitrogens with one attached hydrogen (secondary N) is 1. The maximum absolute atomic E-state index is 12.3. The molecule has 1 aliphatic heterocycles. The molecule has 4 rings (SSSR count). The summed E-state index contributed by atoms with van der Waals surface area (Å²) in [6.07, 6.45) is 0. The van der Waals surface area contributed by atoms with Gasteiger partial charge in [0.25, 0.3) is 5.91 Å². The van der Waals surface area contributed by atoms with Crippen LogP contribution < -0.4 is 15.0 Å². The summed E-state index contributed by atoms with van der Waals surface area (Å²) >= 11 is 0. The second-order valence-electron chi connectivity index (χ2n) is 8.38. The minimum absolute atomic E-state index is 0.00632. The molecule has 5 heteroatoms. The molecular weight excluding hydrogens is 398 g/mol. The molecule has 0 unspecified atom stereocenters. The Balaban J connectivity index is 1.23. The summed E-state index contributed by atoms with van der Waals surface area (Å²) in [5.74, 6) is 0.551. The van der Waals surface area contributed by atoms with Crippen molar-refractivity contribution in [2.24, 2.45) is 0 Å². The van der Waals surface area contributed by atoms with Crippen LogP contribution in [0.4, 0.5) is 11.4 Å². The smallest absolute Gasteiger partial charge is 0.262 e. The Kier molecular flexibility index (Phi) is 7.07. The molecule has 32 heavy (non-hydrogen) atoms.